The number of aromatic nitrogens is 1. The number of amides is 1. The number of benzene rings is 2. The number of carbonyl (C=O) groups excluding carboxylic acids is 1. The van der Waals surface area contributed by atoms with Gasteiger partial charge in [-0.25, -0.2) is 13.1 Å². The van der Waals surface area contributed by atoms with E-state index in [-0.39, 0.29) is 4.90 Å². The van der Waals surface area contributed by atoms with Crippen LogP contribution in [0.1, 0.15) is 15.9 Å². The summed E-state index contributed by atoms with van der Waals surface area (Å²) in [5, 5.41) is 0.684. The number of fused-ring (bicyclic) bond motifs is 1. The Labute approximate surface area is 148 Å². The molecule has 24 heavy (non-hydrogen) atoms. The zero-order valence-corrected chi connectivity index (χ0v) is 15.5. The summed E-state index contributed by atoms with van der Waals surface area (Å²) in [7, 11) is -2.11. The zero-order chi connectivity index (χ0) is 17.5. The van der Waals surface area contributed by atoms with Crippen LogP contribution in [0, 0.1) is 6.92 Å². The van der Waals surface area contributed by atoms with Crippen LogP contribution in [-0.4, -0.2) is 18.9 Å². The van der Waals surface area contributed by atoms with Crippen LogP contribution in [-0.2, 0) is 17.1 Å². The zero-order valence-electron chi connectivity index (χ0n) is 13.1. The lowest BCUT2D eigenvalue weighted by Crippen LogP contribution is -2.30. The Balaban J connectivity index is 1.98. The molecule has 124 valence electrons. The monoisotopic (exact) mass is 406 g/mol. The molecule has 1 N–H and O–H groups in total. The number of nitrogens with zero attached hydrogens (tertiary/aromatic N) is 1. The molecule has 0 aliphatic heterocycles. The van der Waals surface area contributed by atoms with Gasteiger partial charge in [0.15, 0.2) is 0 Å². The fourth-order valence-electron chi connectivity index (χ4n) is 2.50. The van der Waals surface area contributed by atoms with E-state index < -0.39 is 15.9 Å². The third-order valence-corrected chi connectivity index (χ3v) is 5.59. The molecule has 0 spiro atoms. The van der Waals surface area contributed by atoms with Crippen molar-refractivity contribution in [2.75, 3.05) is 0 Å². The van der Waals surface area contributed by atoms with Crippen LogP contribution < -0.4 is 4.72 Å². The van der Waals surface area contributed by atoms with Gasteiger partial charge in [-0.05, 0) is 37.3 Å². The minimum absolute atomic E-state index is 0.0582. The molecule has 0 atom stereocenters. The molecule has 1 aromatic heterocycles. The lowest BCUT2D eigenvalue weighted by atomic mass is 10.2. The summed E-state index contributed by atoms with van der Waals surface area (Å²) in [6.45, 7) is 1.86. The Bertz CT molecular complexity index is 1040. The molecular weight excluding hydrogens is 392 g/mol. The largest absolute Gasteiger partial charge is 0.350 e. The van der Waals surface area contributed by atoms with Crippen LogP contribution in [0.2, 0.25) is 0 Å². The van der Waals surface area contributed by atoms with Gasteiger partial charge in [0.05, 0.1) is 10.5 Å². The molecule has 0 saturated carbocycles. The van der Waals surface area contributed by atoms with Gasteiger partial charge in [-0.3, -0.25) is 4.79 Å². The van der Waals surface area contributed by atoms with Crippen LogP contribution in [0.25, 0.3) is 10.9 Å². The molecule has 5 nitrogen and oxygen atoms in total. The Hall–Kier alpha value is -2.12. The first-order chi connectivity index (χ1) is 11.3. The van der Waals surface area contributed by atoms with Gasteiger partial charge in [0.25, 0.3) is 15.9 Å². The maximum absolute atomic E-state index is 12.5. The summed E-state index contributed by atoms with van der Waals surface area (Å²) < 4.78 is 29.5. The normalized spacial score (nSPS) is 11.6. The van der Waals surface area contributed by atoms with Crippen LogP contribution in [0.5, 0.6) is 0 Å². The number of rotatable bonds is 3. The molecular formula is C17H15BrN2O3S. The molecule has 7 heteroatoms. The van der Waals surface area contributed by atoms with Gasteiger partial charge in [0, 0.05) is 28.6 Å². The summed E-state index contributed by atoms with van der Waals surface area (Å²) in [6.07, 6.45) is 1.62. The molecule has 0 fully saturated rings. The maximum atomic E-state index is 12.5. The number of hydrogen-bond acceptors (Lipinski definition) is 3. The van der Waals surface area contributed by atoms with Gasteiger partial charge in [0.2, 0.25) is 0 Å². The second-order valence-electron chi connectivity index (χ2n) is 5.56. The predicted molar refractivity (Wildman–Crippen MR) is 96.5 cm³/mol. The van der Waals surface area contributed by atoms with E-state index in [9.17, 15) is 13.2 Å². The third kappa shape index (κ3) is 3.09. The fraction of sp³-hybridized carbons (Fsp3) is 0.118. The number of aryl methyl sites for hydroxylation is 2. The molecule has 0 unspecified atom stereocenters. The second-order valence-corrected chi connectivity index (χ2v) is 8.16. The average Bonchev–Trinajstić information content (AvgIpc) is 2.84. The highest BCUT2D eigenvalue weighted by molar-refractivity contribution is 9.10. The molecule has 0 aliphatic carbocycles. The van der Waals surface area contributed by atoms with Crippen molar-refractivity contribution in [1.82, 2.24) is 9.29 Å². The molecule has 0 aliphatic rings. The SMILES string of the molecule is Cc1ccc(S(=O)(=O)NC(=O)c2cn(C)c3ccc(Br)cc23)cc1. The molecule has 1 heterocycles. The standard InChI is InChI=1S/C17H15BrN2O3S/c1-11-3-6-13(7-4-11)24(22,23)19-17(21)15-10-20(2)16-8-5-12(18)9-14(15)16/h3-10H,1-2H3,(H,19,21). The minimum Gasteiger partial charge on any atom is -0.350 e. The van der Waals surface area contributed by atoms with E-state index in [2.05, 4.69) is 20.7 Å². The first kappa shape index (κ1) is 16.7. The predicted octanol–water partition coefficient (Wildman–Crippen LogP) is 3.37. The maximum Gasteiger partial charge on any atom is 0.267 e. The summed E-state index contributed by atoms with van der Waals surface area (Å²) in [6, 6.07) is 11.9. The Morgan fingerprint density at radius 1 is 1.12 bits per heavy atom. The summed E-state index contributed by atoms with van der Waals surface area (Å²) in [4.78, 5) is 12.6. The quantitative estimate of drug-likeness (QED) is 0.724. The summed E-state index contributed by atoms with van der Waals surface area (Å²) >= 11 is 3.37. The summed E-state index contributed by atoms with van der Waals surface area (Å²) in [5.41, 5.74) is 2.10. The second kappa shape index (κ2) is 6.07. The highest BCUT2D eigenvalue weighted by Gasteiger charge is 2.21. The number of halogens is 1. The van der Waals surface area contributed by atoms with E-state index in [1.54, 1.807) is 29.0 Å². The van der Waals surface area contributed by atoms with Crippen molar-refractivity contribution in [3.63, 3.8) is 0 Å². The highest BCUT2D eigenvalue weighted by Crippen LogP contribution is 2.25. The number of hydrogen-bond donors (Lipinski definition) is 1. The van der Waals surface area contributed by atoms with Gasteiger partial charge in [0.1, 0.15) is 0 Å². The van der Waals surface area contributed by atoms with Gasteiger partial charge in [-0.1, -0.05) is 33.6 Å². The van der Waals surface area contributed by atoms with Crippen LogP contribution in [0.15, 0.2) is 58.0 Å². The van der Waals surface area contributed by atoms with Crippen molar-refractivity contribution in [2.45, 2.75) is 11.8 Å². The highest BCUT2D eigenvalue weighted by atomic mass is 79.9. The molecule has 2 aromatic carbocycles. The van der Waals surface area contributed by atoms with Crippen molar-refractivity contribution in [1.29, 1.82) is 0 Å². The van der Waals surface area contributed by atoms with E-state index in [0.717, 1.165) is 15.6 Å². The van der Waals surface area contributed by atoms with Crippen molar-refractivity contribution < 1.29 is 13.2 Å². The third-order valence-electron chi connectivity index (χ3n) is 3.75. The molecule has 0 radical (unpaired) electrons. The van der Waals surface area contributed by atoms with Crippen molar-refractivity contribution in [3.05, 3.63) is 64.3 Å². The van der Waals surface area contributed by atoms with Gasteiger partial charge in [-0.2, -0.15) is 0 Å². The minimum atomic E-state index is -3.91. The van der Waals surface area contributed by atoms with Crippen molar-refractivity contribution >= 4 is 42.8 Å². The molecule has 3 rings (SSSR count). The average molecular weight is 407 g/mol. The van der Waals surface area contributed by atoms with Gasteiger partial charge < -0.3 is 4.57 Å². The fourth-order valence-corrected chi connectivity index (χ4v) is 3.83. The first-order valence-corrected chi connectivity index (χ1v) is 9.44. The van der Waals surface area contributed by atoms with E-state index in [1.165, 1.54) is 12.1 Å². The Morgan fingerprint density at radius 2 is 1.79 bits per heavy atom. The topological polar surface area (TPSA) is 68.2 Å². The van der Waals surface area contributed by atoms with E-state index in [4.69, 9.17) is 0 Å². The number of nitrogens with one attached hydrogen (secondary N) is 1. The van der Waals surface area contributed by atoms with E-state index in [1.807, 2.05) is 26.1 Å². The number of carbonyl (C=O) groups is 1. The Morgan fingerprint density at radius 3 is 2.46 bits per heavy atom. The van der Waals surface area contributed by atoms with Crippen molar-refractivity contribution in [3.8, 4) is 0 Å². The smallest absolute Gasteiger partial charge is 0.267 e. The molecule has 0 bridgehead atoms. The number of sulfonamides is 1. The van der Waals surface area contributed by atoms with Gasteiger partial charge in [-0.15, -0.1) is 0 Å². The molecule has 1 amide bonds. The van der Waals surface area contributed by atoms with Crippen LogP contribution in [0.3, 0.4) is 0 Å². The summed E-state index contributed by atoms with van der Waals surface area (Å²) in [5.74, 6) is -0.653. The van der Waals surface area contributed by atoms with Crippen molar-refractivity contribution in [2.24, 2.45) is 7.05 Å². The lowest BCUT2D eigenvalue weighted by Gasteiger charge is -2.07. The lowest BCUT2D eigenvalue weighted by molar-refractivity contribution is 0.0983. The Kier molecular flexibility index (Phi) is 4.23. The molecule has 0 saturated heterocycles. The molecule has 3 aromatic rings. The van der Waals surface area contributed by atoms with E-state index in [0.29, 0.717) is 10.9 Å². The van der Waals surface area contributed by atoms with Crippen LogP contribution in [0.4, 0.5) is 0 Å². The van der Waals surface area contributed by atoms with E-state index >= 15 is 0 Å². The van der Waals surface area contributed by atoms with Crippen LogP contribution >= 0.6 is 15.9 Å². The van der Waals surface area contributed by atoms with Gasteiger partial charge >= 0.3 is 0 Å². The first-order valence-electron chi connectivity index (χ1n) is 7.16.